The van der Waals surface area contributed by atoms with E-state index >= 15 is 0 Å². The second-order valence-electron chi connectivity index (χ2n) is 3.97. The molecule has 0 heterocycles. The number of aliphatic carboxylic acids is 1. The lowest BCUT2D eigenvalue weighted by Gasteiger charge is -2.14. The molecular weight excluding hydrogens is 240 g/mol. The topological polar surface area (TPSA) is 46.5 Å². The highest BCUT2D eigenvalue weighted by atomic mass is 35.5. The van der Waals surface area contributed by atoms with E-state index in [0.717, 1.165) is 17.5 Å². The molecule has 4 heteroatoms. The maximum atomic E-state index is 11.0. The number of rotatable bonds is 6. The maximum absolute atomic E-state index is 11.0. The fourth-order valence-electron chi connectivity index (χ4n) is 1.57. The summed E-state index contributed by atoms with van der Waals surface area (Å²) in [5, 5.41) is 9.72. The van der Waals surface area contributed by atoms with Crippen molar-refractivity contribution in [2.75, 3.05) is 6.61 Å². The van der Waals surface area contributed by atoms with Crippen molar-refractivity contribution >= 4 is 17.6 Å². The van der Waals surface area contributed by atoms with Gasteiger partial charge in [0.05, 0.1) is 0 Å². The highest BCUT2D eigenvalue weighted by Crippen LogP contribution is 2.17. The smallest absolute Gasteiger partial charge is 0.333 e. The van der Waals surface area contributed by atoms with Gasteiger partial charge in [0.1, 0.15) is 0 Å². The average Bonchev–Trinajstić information content (AvgIpc) is 2.26. The lowest BCUT2D eigenvalue weighted by molar-refractivity contribution is -0.150. The van der Waals surface area contributed by atoms with E-state index in [-0.39, 0.29) is 0 Å². The fraction of sp³-hybridized carbons (Fsp3) is 0.462. The van der Waals surface area contributed by atoms with Crippen LogP contribution in [0.2, 0.25) is 5.02 Å². The molecule has 1 aromatic carbocycles. The van der Waals surface area contributed by atoms with E-state index in [1.807, 2.05) is 26.0 Å². The predicted molar refractivity (Wildman–Crippen MR) is 67.6 cm³/mol. The summed E-state index contributed by atoms with van der Waals surface area (Å²) in [6.07, 6.45) is 0.400. The minimum atomic E-state index is -0.923. The normalized spacial score (nSPS) is 12.4. The Morgan fingerprint density at radius 1 is 1.53 bits per heavy atom. The van der Waals surface area contributed by atoms with Gasteiger partial charge in [0.2, 0.25) is 0 Å². The number of hydrogen-bond acceptors (Lipinski definition) is 2. The Hall–Kier alpha value is -1.06. The number of carboxylic acids is 1. The molecule has 0 saturated carbocycles. The fourth-order valence-corrected chi connectivity index (χ4v) is 1.79. The Labute approximate surface area is 106 Å². The molecule has 0 fully saturated rings. The second-order valence-corrected chi connectivity index (χ2v) is 4.41. The molecule has 1 rings (SSSR count). The first-order valence-corrected chi connectivity index (χ1v) is 6.01. The van der Waals surface area contributed by atoms with Gasteiger partial charge >= 0.3 is 5.97 Å². The Kier molecular flexibility index (Phi) is 5.45. The van der Waals surface area contributed by atoms with Crippen LogP contribution in [0.3, 0.4) is 0 Å². The predicted octanol–water partition coefficient (Wildman–Crippen LogP) is 3.07. The molecule has 0 amide bonds. The Morgan fingerprint density at radius 2 is 2.24 bits per heavy atom. The molecule has 1 N–H and O–H groups in total. The summed E-state index contributed by atoms with van der Waals surface area (Å²) >= 11 is 5.85. The molecule has 1 aromatic rings. The summed E-state index contributed by atoms with van der Waals surface area (Å²) < 4.78 is 5.31. The van der Waals surface area contributed by atoms with Crippen molar-refractivity contribution < 1.29 is 14.6 Å². The van der Waals surface area contributed by atoms with Crippen molar-refractivity contribution in [2.45, 2.75) is 32.8 Å². The van der Waals surface area contributed by atoms with Crippen LogP contribution in [0.25, 0.3) is 0 Å². The Morgan fingerprint density at radius 3 is 2.76 bits per heavy atom. The lowest BCUT2D eigenvalue weighted by atomic mass is 10.0. The summed E-state index contributed by atoms with van der Waals surface area (Å²) in [4.78, 5) is 11.0. The summed E-state index contributed by atoms with van der Waals surface area (Å²) in [5.74, 6) is -0.923. The molecule has 1 unspecified atom stereocenters. The summed E-state index contributed by atoms with van der Waals surface area (Å²) in [7, 11) is 0. The molecule has 0 aromatic heterocycles. The number of ether oxygens (including phenoxy) is 1. The van der Waals surface area contributed by atoms with Crippen LogP contribution >= 0.6 is 11.6 Å². The standard InChI is InChI=1S/C13H17ClO3/c1-3-6-17-12(13(15)16)8-10-4-5-11(14)7-9(10)2/h4-5,7,12H,3,6,8H2,1-2H3,(H,15,16). The highest BCUT2D eigenvalue weighted by Gasteiger charge is 2.19. The van der Waals surface area contributed by atoms with E-state index in [9.17, 15) is 4.79 Å². The van der Waals surface area contributed by atoms with E-state index in [2.05, 4.69) is 0 Å². The third-order valence-electron chi connectivity index (χ3n) is 2.51. The molecule has 0 saturated heterocycles. The van der Waals surface area contributed by atoms with Crippen LogP contribution in [-0.2, 0) is 16.0 Å². The molecule has 0 aliphatic rings. The second kappa shape index (κ2) is 6.62. The molecule has 0 aliphatic heterocycles. The summed E-state index contributed by atoms with van der Waals surface area (Å²) in [6.45, 7) is 4.33. The van der Waals surface area contributed by atoms with Crippen LogP contribution in [0.4, 0.5) is 0 Å². The number of aryl methyl sites for hydroxylation is 1. The molecule has 17 heavy (non-hydrogen) atoms. The van der Waals surface area contributed by atoms with Crippen molar-refractivity contribution in [1.82, 2.24) is 0 Å². The van der Waals surface area contributed by atoms with E-state index in [4.69, 9.17) is 21.4 Å². The van der Waals surface area contributed by atoms with Gasteiger partial charge in [-0.2, -0.15) is 0 Å². The van der Waals surface area contributed by atoms with Crippen molar-refractivity contribution in [2.24, 2.45) is 0 Å². The van der Waals surface area contributed by atoms with Crippen LogP contribution < -0.4 is 0 Å². The zero-order chi connectivity index (χ0) is 12.8. The number of hydrogen-bond donors (Lipinski definition) is 1. The van der Waals surface area contributed by atoms with Crippen LogP contribution in [0.5, 0.6) is 0 Å². The van der Waals surface area contributed by atoms with Gasteiger partial charge in [0.15, 0.2) is 6.10 Å². The van der Waals surface area contributed by atoms with Crippen molar-refractivity contribution in [1.29, 1.82) is 0 Å². The van der Waals surface area contributed by atoms with Crippen LogP contribution in [-0.4, -0.2) is 23.8 Å². The molecule has 0 radical (unpaired) electrons. The number of benzene rings is 1. The van der Waals surface area contributed by atoms with E-state index < -0.39 is 12.1 Å². The monoisotopic (exact) mass is 256 g/mol. The number of halogens is 1. The van der Waals surface area contributed by atoms with E-state index in [0.29, 0.717) is 18.1 Å². The zero-order valence-corrected chi connectivity index (χ0v) is 10.8. The SMILES string of the molecule is CCCOC(Cc1ccc(Cl)cc1C)C(=O)O. The van der Waals surface area contributed by atoms with Gasteiger partial charge in [0, 0.05) is 18.1 Å². The highest BCUT2D eigenvalue weighted by molar-refractivity contribution is 6.30. The zero-order valence-electron chi connectivity index (χ0n) is 10.1. The van der Waals surface area contributed by atoms with Gasteiger partial charge < -0.3 is 9.84 Å². The van der Waals surface area contributed by atoms with E-state index in [1.54, 1.807) is 6.07 Å². The molecule has 94 valence electrons. The maximum Gasteiger partial charge on any atom is 0.333 e. The molecule has 0 spiro atoms. The third-order valence-corrected chi connectivity index (χ3v) is 2.74. The Balaban J connectivity index is 2.75. The third kappa shape index (κ3) is 4.36. The minimum absolute atomic E-state index is 0.373. The summed E-state index contributed by atoms with van der Waals surface area (Å²) in [6, 6.07) is 5.45. The van der Waals surface area contributed by atoms with Crippen LogP contribution in [0.1, 0.15) is 24.5 Å². The van der Waals surface area contributed by atoms with Crippen LogP contribution in [0.15, 0.2) is 18.2 Å². The number of carboxylic acid groups (broad SMARTS) is 1. The van der Waals surface area contributed by atoms with Crippen molar-refractivity contribution in [3.8, 4) is 0 Å². The van der Waals surface area contributed by atoms with Gasteiger partial charge in [-0.3, -0.25) is 0 Å². The van der Waals surface area contributed by atoms with Gasteiger partial charge in [-0.25, -0.2) is 4.79 Å². The minimum Gasteiger partial charge on any atom is -0.479 e. The first kappa shape index (κ1) is 14.0. The molecule has 0 aliphatic carbocycles. The quantitative estimate of drug-likeness (QED) is 0.851. The van der Waals surface area contributed by atoms with Gasteiger partial charge in [-0.05, 0) is 36.6 Å². The first-order valence-electron chi connectivity index (χ1n) is 5.64. The average molecular weight is 257 g/mol. The molecule has 3 nitrogen and oxygen atoms in total. The molecule has 0 bridgehead atoms. The Bertz CT molecular complexity index is 390. The largest absolute Gasteiger partial charge is 0.479 e. The molecule has 1 atom stereocenters. The van der Waals surface area contributed by atoms with Gasteiger partial charge in [0.25, 0.3) is 0 Å². The van der Waals surface area contributed by atoms with E-state index in [1.165, 1.54) is 0 Å². The van der Waals surface area contributed by atoms with Crippen molar-refractivity contribution in [3.05, 3.63) is 34.3 Å². The molecular formula is C13H17ClO3. The lowest BCUT2D eigenvalue weighted by Crippen LogP contribution is -2.27. The van der Waals surface area contributed by atoms with Crippen molar-refractivity contribution in [3.63, 3.8) is 0 Å². The summed E-state index contributed by atoms with van der Waals surface area (Å²) in [5.41, 5.74) is 1.95. The van der Waals surface area contributed by atoms with Crippen LogP contribution in [0, 0.1) is 6.92 Å². The number of carbonyl (C=O) groups is 1. The first-order chi connectivity index (χ1) is 8.04. The van der Waals surface area contributed by atoms with Gasteiger partial charge in [-0.15, -0.1) is 0 Å². The van der Waals surface area contributed by atoms with Gasteiger partial charge in [-0.1, -0.05) is 24.6 Å².